The van der Waals surface area contributed by atoms with E-state index in [1.165, 1.54) is 13.0 Å². The van der Waals surface area contributed by atoms with Crippen LogP contribution in [-0.4, -0.2) is 41.4 Å². The molecule has 3 aromatic rings. The molecule has 0 radical (unpaired) electrons. The highest BCUT2D eigenvalue weighted by Crippen LogP contribution is 2.46. The lowest BCUT2D eigenvalue weighted by atomic mass is 9.76. The maximum absolute atomic E-state index is 14.7. The molecule has 0 heterocycles. The van der Waals surface area contributed by atoms with Gasteiger partial charge in [0.2, 0.25) is 0 Å². The second-order valence-corrected chi connectivity index (χ2v) is 8.95. The highest BCUT2D eigenvalue weighted by Gasteiger charge is 2.60. The van der Waals surface area contributed by atoms with Gasteiger partial charge in [0, 0.05) is 23.1 Å². The number of halogens is 4. The lowest BCUT2D eigenvalue weighted by Crippen LogP contribution is -2.50. The molecule has 3 aromatic carbocycles. The first-order valence-electron chi connectivity index (χ1n) is 11.4. The van der Waals surface area contributed by atoms with Crippen molar-refractivity contribution in [1.82, 2.24) is 0 Å². The number of Topliss-reactive ketones (excluding diaryl/α,β-unsaturated/α-hetero) is 1. The van der Waals surface area contributed by atoms with Crippen molar-refractivity contribution in [3.63, 3.8) is 0 Å². The number of hydrogen-bond acceptors (Lipinski definition) is 5. The fourth-order valence-corrected chi connectivity index (χ4v) is 3.96. The number of alkyl halides is 3. The monoisotopic (exact) mass is 531 g/mol. The van der Waals surface area contributed by atoms with Crippen molar-refractivity contribution in [2.24, 2.45) is 10.4 Å². The number of phenols is 1. The van der Waals surface area contributed by atoms with Crippen LogP contribution in [0.3, 0.4) is 0 Å². The summed E-state index contributed by atoms with van der Waals surface area (Å²) in [7, 11) is 0. The summed E-state index contributed by atoms with van der Waals surface area (Å²) in [5, 5.41) is 9.44. The molecule has 0 aliphatic heterocycles. The quantitative estimate of drug-likeness (QED) is 0.190. The minimum absolute atomic E-state index is 0.142. The number of esters is 1. The molecule has 37 heavy (non-hydrogen) atoms. The van der Waals surface area contributed by atoms with Crippen LogP contribution in [0.2, 0.25) is 5.02 Å². The maximum Gasteiger partial charge on any atom is 0.397 e. The molecule has 0 aliphatic carbocycles. The van der Waals surface area contributed by atoms with E-state index in [0.717, 1.165) is 19.1 Å². The summed E-state index contributed by atoms with van der Waals surface area (Å²) in [6, 6.07) is 18.2. The van der Waals surface area contributed by atoms with Gasteiger partial charge in [0.25, 0.3) is 0 Å². The topological polar surface area (TPSA) is 76.0 Å². The second-order valence-electron chi connectivity index (χ2n) is 8.55. The van der Waals surface area contributed by atoms with Gasteiger partial charge >= 0.3 is 12.1 Å². The van der Waals surface area contributed by atoms with Crippen LogP contribution in [0.25, 0.3) is 0 Å². The Balaban J connectivity index is 2.20. The van der Waals surface area contributed by atoms with E-state index >= 15 is 0 Å². The second kappa shape index (κ2) is 11.6. The predicted molar refractivity (Wildman–Crippen MR) is 135 cm³/mol. The summed E-state index contributed by atoms with van der Waals surface area (Å²) < 4.78 is 49.2. The van der Waals surface area contributed by atoms with E-state index in [9.17, 15) is 27.9 Å². The van der Waals surface area contributed by atoms with Gasteiger partial charge in [0.15, 0.2) is 11.8 Å². The lowest BCUT2D eigenvalue weighted by molar-refractivity contribution is -0.227. The number of rotatable bonds is 9. The first kappa shape index (κ1) is 27.9. The summed E-state index contributed by atoms with van der Waals surface area (Å²) in [6.07, 6.45) is -6.13. The molecule has 0 aliphatic rings. The summed E-state index contributed by atoms with van der Waals surface area (Å²) in [6.45, 7) is 2.08. The summed E-state index contributed by atoms with van der Waals surface area (Å²) in [4.78, 5) is 30.5. The maximum atomic E-state index is 14.7. The number of hydrogen-bond donors (Lipinski definition) is 1. The number of carbonyl (C=O) groups excluding carboxylic acids is 2. The molecular weight excluding hydrogens is 507 g/mol. The minimum atomic E-state index is -5.03. The van der Waals surface area contributed by atoms with Crippen molar-refractivity contribution < 1.29 is 32.6 Å². The lowest BCUT2D eigenvalue weighted by Gasteiger charge is -2.35. The number of phenolic OH excluding ortho intramolecular Hbond substituents is 1. The molecule has 2 atom stereocenters. The van der Waals surface area contributed by atoms with E-state index in [4.69, 9.17) is 16.3 Å². The van der Waals surface area contributed by atoms with E-state index in [1.54, 1.807) is 60.7 Å². The van der Waals surface area contributed by atoms with Gasteiger partial charge in [-0.05, 0) is 32.0 Å². The van der Waals surface area contributed by atoms with Crippen LogP contribution in [-0.2, 0) is 9.53 Å². The molecule has 3 rings (SSSR count). The number of ketones is 1. The Morgan fingerprint density at radius 3 is 1.95 bits per heavy atom. The van der Waals surface area contributed by atoms with Gasteiger partial charge in [0.05, 0.1) is 17.3 Å². The molecule has 0 fully saturated rings. The summed E-state index contributed by atoms with van der Waals surface area (Å²) >= 11 is 5.86. The van der Waals surface area contributed by atoms with Gasteiger partial charge in [-0.25, -0.2) is 4.79 Å². The van der Waals surface area contributed by atoms with Crippen molar-refractivity contribution in [3.05, 3.63) is 101 Å². The van der Waals surface area contributed by atoms with Crippen LogP contribution in [0.15, 0.2) is 83.9 Å². The largest absolute Gasteiger partial charge is 0.506 e. The Kier molecular flexibility index (Phi) is 8.76. The first-order chi connectivity index (χ1) is 17.5. The Morgan fingerprint density at radius 1 is 0.946 bits per heavy atom. The van der Waals surface area contributed by atoms with Crippen LogP contribution in [0.4, 0.5) is 13.2 Å². The SMILES string of the molecule is CCOC(=O)C(N=C(c1ccccc1)c1ccccc1)C(C)(CC(=O)c1ccc(O)c(Cl)c1)C(F)(F)F. The van der Waals surface area contributed by atoms with Crippen LogP contribution in [0, 0.1) is 5.41 Å². The van der Waals surface area contributed by atoms with Gasteiger partial charge in [-0.3, -0.25) is 9.79 Å². The number of nitrogens with zero attached hydrogens (tertiary/aromatic N) is 1. The van der Waals surface area contributed by atoms with Gasteiger partial charge in [0.1, 0.15) is 11.2 Å². The van der Waals surface area contributed by atoms with E-state index in [2.05, 4.69) is 4.99 Å². The van der Waals surface area contributed by atoms with E-state index in [1.807, 2.05) is 0 Å². The molecular formula is C28H25ClF3NO4. The third-order valence-corrected chi connectivity index (χ3v) is 6.21. The third-order valence-electron chi connectivity index (χ3n) is 5.91. The third kappa shape index (κ3) is 6.38. The van der Waals surface area contributed by atoms with Gasteiger partial charge in [-0.2, -0.15) is 13.2 Å². The average Bonchev–Trinajstić information content (AvgIpc) is 2.86. The number of ether oxygens (including phenoxy) is 1. The van der Waals surface area contributed by atoms with Crippen molar-refractivity contribution in [1.29, 1.82) is 0 Å². The fourth-order valence-electron chi connectivity index (χ4n) is 3.78. The number of aliphatic imine (C=N–C) groups is 1. The van der Waals surface area contributed by atoms with Crippen LogP contribution < -0.4 is 0 Å². The Morgan fingerprint density at radius 2 is 1.49 bits per heavy atom. The Hall–Kier alpha value is -3.65. The molecule has 1 N–H and O–H groups in total. The molecule has 0 bridgehead atoms. The first-order valence-corrected chi connectivity index (χ1v) is 11.8. The molecule has 0 saturated heterocycles. The predicted octanol–water partition coefficient (Wildman–Crippen LogP) is 6.66. The van der Waals surface area contributed by atoms with E-state index in [0.29, 0.717) is 11.1 Å². The van der Waals surface area contributed by atoms with Crippen molar-refractivity contribution in [3.8, 4) is 5.75 Å². The van der Waals surface area contributed by atoms with Crippen LogP contribution in [0.1, 0.15) is 41.8 Å². The molecule has 9 heteroatoms. The average molecular weight is 532 g/mol. The number of aromatic hydroxyl groups is 1. The van der Waals surface area contributed by atoms with Crippen molar-refractivity contribution in [2.75, 3.05) is 6.61 Å². The zero-order valence-electron chi connectivity index (χ0n) is 20.1. The minimum Gasteiger partial charge on any atom is -0.506 e. The Labute approximate surface area is 217 Å². The summed E-state index contributed by atoms with van der Waals surface area (Å²) in [5.41, 5.74) is -1.95. The van der Waals surface area contributed by atoms with Crippen LogP contribution in [0.5, 0.6) is 5.75 Å². The molecule has 0 amide bonds. The Bertz CT molecular complexity index is 1240. The number of benzene rings is 3. The van der Waals surface area contributed by atoms with E-state index < -0.39 is 35.8 Å². The molecule has 2 unspecified atom stereocenters. The molecule has 0 aromatic heterocycles. The molecule has 5 nitrogen and oxygen atoms in total. The summed E-state index contributed by atoms with van der Waals surface area (Å²) in [5.74, 6) is -2.45. The van der Waals surface area contributed by atoms with E-state index in [-0.39, 0.29) is 28.7 Å². The zero-order chi connectivity index (χ0) is 27.2. The molecule has 194 valence electrons. The molecule has 0 spiro atoms. The van der Waals surface area contributed by atoms with Gasteiger partial charge in [-0.1, -0.05) is 72.3 Å². The number of carbonyl (C=O) groups is 2. The standard InChI is InChI=1S/C28H25ClF3NO4/c1-3-37-26(36)25(33-24(18-10-6-4-7-11-18)19-12-8-5-9-13-19)27(2,28(30,31)32)17-23(35)20-14-15-22(34)21(29)16-20/h4-16,25,34H,3,17H2,1-2H3. The zero-order valence-corrected chi connectivity index (χ0v) is 20.9. The van der Waals surface area contributed by atoms with Gasteiger partial charge < -0.3 is 9.84 Å². The van der Waals surface area contributed by atoms with Gasteiger partial charge in [-0.15, -0.1) is 0 Å². The smallest absolute Gasteiger partial charge is 0.397 e. The van der Waals surface area contributed by atoms with Crippen molar-refractivity contribution in [2.45, 2.75) is 32.5 Å². The highest BCUT2D eigenvalue weighted by atomic mass is 35.5. The van der Waals surface area contributed by atoms with Crippen LogP contribution >= 0.6 is 11.6 Å². The molecule has 0 saturated carbocycles. The fraction of sp³-hybridized carbons (Fsp3) is 0.250. The normalized spacial score (nSPS) is 13.8. The highest BCUT2D eigenvalue weighted by molar-refractivity contribution is 6.32. The van der Waals surface area contributed by atoms with Crippen molar-refractivity contribution >= 4 is 29.1 Å².